The molecule has 1 aromatic heterocycles. The van der Waals surface area contributed by atoms with Crippen molar-refractivity contribution in [2.75, 3.05) is 7.11 Å². The van der Waals surface area contributed by atoms with Crippen LogP contribution in [-0.4, -0.2) is 29.3 Å². The summed E-state index contributed by atoms with van der Waals surface area (Å²) in [5, 5.41) is 14.1. The summed E-state index contributed by atoms with van der Waals surface area (Å²) in [5.74, 6) is -0.466. The van der Waals surface area contributed by atoms with Crippen LogP contribution < -0.4 is 10.1 Å². The van der Waals surface area contributed by atoms with Gasteiger partial charge >= 0.3 is 6.18 Å². The standard InChI is InChI=1S/C14H17F3N2O2/c1-21-12-11(14(15,16)17)4-8(7-18-12)13(20)5-9-2-3-10(6-13)19-9/h4,7,9-10,19-20H,2-3,5-6H2,1H3. The van der Waals surface area contributed by atoms with Crippen LogP contribution in [0.3, 0.4) is 0 Å². The minimum Gasteiger partial charge on any atom is -0.481 e. The van der Waals surface area contributed by atoms with Gasteiger partial charge in [0.1, 0.15) is 5.56 Å². The number of hydrogen-bond donors (Lipinski definition) is 2. The molecular weight excluding hydrogens is 285 g/mol. The van der Waals surface area contributed by atoms with Gasteiger partial charge in [0.25, 0.3) is 0 Å². The largest absolute Gasteiger partial charge is 0.481 e. The first-order valence-corrected chi connectivity index (χ1v) is 6.92. The van der Waals surface area contributed by atoms with E-state index in [2.05, 4.69) is 15.0 Å². The molecule has 116 valence electrons. The van der Waals surface area contributed by atoms with Crippen molar-refractivity contribution in [1.82, 2.24) is 10.3 Å². The SMILES string of the molecule is COc1ncc(C2(O)CC3CCC(C2)N3)cc1C(F)(F)F. The molecule has 3 rings (SSSR count). The van der Waals surface area contributed by atoms with Crippen molar-refractivity contribution in [2.45, 2.75) is 49.5 Å². The Labute approximate surface area is 120 Å². The first-order chi connectivity index (χ1) is 9.82. The van der Waals surface area contributed by atoms with Crippen LogP contribution in [0.2, 0.25) is 0 Å². The van der Waals surface area contributed by atoms with E-state index in [1.54, 1.807) is 0 Å². The molecule has 1 aromatic rings. The maximum Gasteiger partial charge on any atom is 0.421 e. The summed E-state index contributed by atoms with van der Waals surface area (Å²) in [7, 11) is 1.15. The van der Waals surface area contributed by atoms with E-state index < -0.39 is 23.2 Å². The Kier molecular flexibility index (Phi) is 3.37. The van der Waals surface area contributed by atoms with Gasteiger partial charge in [0.15, 0.2) is 0 Å². The van der Waals surface area contributed by atoms with E-state index in [-0.39, 0.29) is 17.6 Å². The fraction of sp³-hybridized carbons (Fsp3) is 0.643. The number of halogens is 3. The topological polar surface area (TPSA) is 54.4 Å². The van der Waals surface area contributed by atoms with Gasteiger partial charge in [-0.25, -0.2) is 4.98 Å². The molecule has 21 heavy (non-hydrogen) atoms. The van der Waals surface area contributed by atoms with Gasteiger partial charge in [-0.05, 0) is 31.7 Å². The Balaban J connectivity index is 1.99. The summed E-state index contributed by atoms with van der Waals surface area (Å²) >= 11 is 0. The Morgan fingerprint density at radius 1 is 1.33 bits per heavy atom. The Hall–Kier alpha value is -1.34. The molecule has 2 bridgehead atoms. The highest BCUT2D eigenvalue weighted by Gasteiger charge is 2.45. The molecule has 2 aliphatic heterocycles. The number of nitrogens with zero attached hydrogens (tertiary/aromatic N) is 1. The summed E-state index contributed by atoms with van der Waals surface area (Å²) < 4.78 is 43.9. The number of nitrogens with one attached hydrogen (secondary N) is 1. The van der Waals surface area contributed by atoms with Crippen molar-refractivity contribution in [3.8, 4) is 5.88 Å². The lowest BCUT2D eigenvalue weighted by molar-refractivity contribution is -0.139. The Bertz CT molecular complexity index is 536. The lowest BCUT2D eigenvalue weighted by Gasteiger charge is -2.37. The van der Waals surface area contributed by atoms with Crippen molar-refractivity contribution in [1.29, 1.82) is 0 Å². The van der Waals surface area contributed by atoms with Gasteiger partial charge in [-0.3, -0.25) is 0 Å². The van der Waals surface area contributed by atoms with Crippen LogP contribution >= 0.6 is 0 Å². The van der Waals surface area contributed by atoms with Crippen LogP contribution in [0.4, 0.5) is 13.2 Å². The first kappa shape index (κ1) is 14.6. The summed E-state index contributed by atoms with van der Waals surface area (Å²) in [4.78, 5) is 3.73. The number of alkyl halides is 3. The van der Waals surface area contributed by atoms with E-state index in [9.17, 15) is 18.3 Å². The predicted octanol–water partition coefficient (Wildman–Crippen LogP) is 2.21. The quantitative estimate of drug-likeness (QED) is 0.879. The van der Waals surface area contributed by atoms with Gasteiger partial charge in [0.05, 0.1) is 12.7 Å². The molecule has 7 heteroatoms. The first-order valence-electron chi connectivity index (χ1n) is 6.92. The summed E-state index contributed by atoms with van der Waals surface area (Å²) in [5.41, 5.74) is -1.98. The summed E-state index contributed by atoms with van der Waals surface area (Å²) in [6, 6.07) is 1.28. The lowest BCUT2D eigenvalue weighted by atomic mass is 9.82. The van der Waals surface area contributed by atoms with E-state index in [1.165, 1.54) is 6.20 Å². The maximum atomic E-state index is 13.1. The van der Waals surface area contributed by atoms with Crippen LogP contribution in [0, 0.1) is 0 Å². The third-order valence-corrected chi connectivity index (χ3v) is 4.39. The van der Waals surface area contributed by atoms with Crippen molar-refractivity contribution in [3.05, 3.63) is 23.4 Å². The fourth-order valence-corrected chi connectivity index (χ4v) is 3.43. The van der Waals surface area contributed by atoms with Gasteiger partial charge in [0, 0.05) is 23.8 Å². The van der Waals surface area contributed by atoms with Gasteiger partial charge in [-0.15, -0.1) is 0 Å². The minimum atomic E-state index is -4.56. The molecule has 4 nitrogen and oxygen atoms in total. The van der Waals surface area contributed by atoms with Gasteiger partial charge < -0.3 is 15.2 Å². The molecule has 2 aliphatic rings. The smallest absolute Gasteiger partial charge is 0.421 e. The molecule has 0 spiro atoms. The van der Waals surface area contributed by atoms with Crippen LogP contribution in [-0.2, 0) is 11.8 Å². The third-order valence-electron chi connectivity index (χ3n) is 4.39. The highest BCUT2D eigenvalue weighted by Crippen LogP contribution is 2.43. The van der Waals surface area contributed by atoms with Crippen molar-refractivity contribution in [3.63, 3.8) is 0 Å². The van der Waals surface area contributed by atoms with Gasteiger partial charge in [-0.1, -0.05) is 0 Å². The Morgan fingerprint density at radius 2 is 1.95 bits per heavy atom. The number of aliphatic hydroxyl groups is 1. The molecule has 0 radical (unpaired) electrons. The molecule has 2 unspecified atom stereocenters. The zero-order valence-corrected chi connectivity index (χ0v) is 11.6. The van der Waals surface area contributed by atoms with Crippen molar-refractivity contribution in [2.24, 2.45) is 0 Å². The number of ether oxygens (including phenoxy) is 1. The van der Waals surface area contributed by atoms with E-state index in [0.29, 0.717) is 12.8 Å². The maximum absolute atomic E-state index is 13.1. The van der Waals surface area contributed by atoms with E-state index >= 15 is 0 Å². The van der Waals surface area contributed by atoms with Crippen LogP contribution in [0.1, 0.15) is 36.8 Å². The molecule has 2 fully saturated rings. The number of pyridine rings is 1. The Morgan fingerprint density at radius 3 is 2.48 bits per heavy atom. The number of fused-ring (bicyclic) bond motifs is 2. The fourth-order valence-electron chi connectivity index (χ4n) is 3.43. The van der Waals surface area contributed by atoms with Gasteiger partial charge in [0.2, 0.25) is 5.88 Å². The van der Waals surface area contributed by atoms with Gasteiger partial charge in [-0.2, -0.15) is 13.2 Å². The van der Waals surface area contributed by atoms with Crippen LogP contribution in [0.15, 0.2) is 12.3 Å². The van der Waals surface area contributed by atoms with E-state index in [1.807, 2.05) is 0 Å². The average Bonchev–Trinajstić information content (AvgIpc) is 2.77. The van der Waals surface area contributed by atoms with Crippen LogP contribution in [0.5, 0.6) is 5.88 Å². The second kappa shape index (κ2) is 4.84. The van der Waals surface area contributed by atoms with Crippen molar-refractivity contribution >= 4 is 0 Å². The highest BCUT2D eigenvalue weighted by atomic mass is 19.4. The second-order valence-electron chi connectivity index (χ2n) is 5.86. The van der Waals surface area contributed by atoms with E-state index in [0.717, 1.165) is 26.0 Å². The lowest BCUT2D eigenvalue weighted by Crippen LogP contribution is -2.46. The third kappa shape index (κ3) is 2.60. The predicted molar refractivity (Wildman–Crippen MR) is 68.9 cm³/mol. The number of aromatic nitrogens is 1. The number of hydrogen-bond acceptors (Lipinski definition) is 4. The number of piperidine rings is 1. The normalized spacial score (nSPS) is 32.2. The molecule has 0 aromatic carbocycles. The van der Waals surface area contributed by atoms with Crippen molar-refractivity contribution < 1.29 is 23.0 Å². The zero-order valence-electron chi connectivity index (χ0n) is 11.6. The second-order valence-corrected chi connectivity index (χ2v) is 5.86. The minimum absolute atomic E-state index is 0.158. The van der Waals surface area contributed by atoms with Crippen LogP contribution in [0.25, 0.3) is 0 Å². The summed E-state index contributed by atoms with van der Waals surface area (Å²) in [6.07, 6.45) is -0.551. The zero-order chi connectivity index (χ0) is 15.3. The monoisotopic (exact) mass is 302 g/mol. The molecule has 2 saturated heterocycles. The molecule has 0 amide bonds. The number of methoxy groups -OCH3 is 1. The number of rotatable bonds is 2. The average molecular weight is 302 g/mol. The molecule has 0 aliphatic carbocycles. The molecular formula is C14H17F3N2O2. The van der Waals surface area contributed by atoms with E-state index in [4.69, 9.17) is 0 Å². The summed E-state index contributed by atoms with van der Waals surface area (Å²) in [6.45, 7) is 0. The molecule has 3 heterocycles. The molecule has 2 atom stereocenters. The molecule has 0 saturated carbocycles. The highest BCUT2D eigenvalue weighted by molar-refractivity contribution is 5.35. The molecule has 2 N–H and O–H groups in total.